The van der Waals surface area contributed by atoms with E-state index in [0.717, 1.165) is 51.4 Å². The minimum Gasteiger partial charge on any atom is -0.455 e. The van der Waals surface area contributed by atoms with Crippen LogP contribution in [0.5, 0.6) is 0 Å². The number of hydrogen-bond donors (Lipinski definition) is 2. The fraction of sp³-hybridized carbons (Fsp3) is 0.865. The molecule has 0 saturated heterocycles. The van der Waals surface area contributed by atoms with E-state index in [2.05, 4.69) is 60.4 Å². The molecule has 0 spiro atoms. The highest BCUT2D eigenvalue weighted by Crippen LogP contribution is 2.77. The van der Waals surface area contributed by atoms with E-state index in [1.165, 1.54) is 31.3 Å². The number of hydrogen-bond acceptors (Lipinski definition) is 5. The zero-order valence-electron chi connectivity index (χ0n) is 28.7. The van der Waals surface area contributed by atoms with E-state index in [4.69, 9.17) is 15.2 Å². The molecule has 3 N–H and O–H groups in total. The molecule has 7 nitrogen and oxygen atoms in total. The van der Waals surface area contributed by atoms with E-state index in [1.54, 1.807) is 0 Å². The molecule has 0 aliphatic heterocycles. The number of alkyl carbamates (subject to hydrolysis) is 1. The van der Waals surface area contributed by atoms with E-state index >= 15 is 0 Å². The van der Waals surface area contributed by atoms with Gasteiger partial charge in [-0.2, -0.15) is 0 Å². The van der Waals surface area contributed by atoms with Crippen LogP contribution in [0.1, 0.15) is 126 Å². The fourth-order valence-electron chi connectivity index (χ4n) is 12.5. The maximum absolute atomic E-state index is 12.7. The smallest absolute Gasteiger partial charge is 0.407 e. The van der Waals surface area contributed by atoms with Crippen LogP contribution in [0.15, 0.2) is 12.2 Å². The van der Waals surface area contributed by atoms with E-state index in [-0.39, 0.29) is 39.3 Å². The Morgan fingerprint density at radius 2 is 1.61 bits per heavy atom. The van der Waals surface area contributed by atoms with Gasteiger partial charge >= 0.3 is 18.0 Å². The molecule has 44 heavy (non-hydrogen) atoms. The lowest BCUT2D eigenvalue weighted by Crippen LogP contribution is -2.67. The van der Waals surface area contributed by atoms with Crippen LogP contribution in [0.2, 0.25) is 0 Å². The lowest BCUT2D eigenvalue weighted by molar-refractivity contribution is -0.251. The molecule has 5 aliphatic rings. The second-order valence-corrected chi connectivity index (χ2v) is 17.0. The van der Waals surface area contributed by atoms with Gasteiger partial charge in [-0.3, -0.25) is 4.79 Å². The molecule has 5 fully saturated rings. The van der Waals surface area contributed by atoms with Gasteiger partial charge in [0.05, 0.1) is 6.61 Å². The Kier molecular flexibility index (Phi) is 8.81. The number of fused-ring (bicyclic) bond motifs is 7. The molecule has 2 amide bonds. The van der Waals surface area contributed by atoms with Gasteiger partial charge in [-0.1, -0.05) is 60.1 Å². The summed E-state index contributed by atoms with van der Waals surface area (Å²) < 4.78 is 11.7. The summed E-state index contributed by atoms with van der Waals surface area (Å²) in [5.41, 5.74) is 6.89. The summed E-state index contributed by atoms with van der Waals surface area (Å²) in [5.74, 6) is 0.627. The lowest BCUT2D eigenvalue weighted by atomic mass is 9.32. The Labute approximate surface area is 266 Å². The molecule has 5 saturated carbocycles. The Morgan fingerprint density at radius 1 is 0.886 bits per heavy atom. The van der Waals surface area contributed by atoms with Gasteiger partial charge in [0.1, 0.15) is 6.10 Å². The largest absolute Gasteiger partial charge is 0.455 e. The van der Waals surface area contributed by atoms with Crippen molar-refractivity contribution in [2.45, 2.75) is 132 Å². The molecule has 10 atom stereocenters. The van der Waals surface area contributed by atoms with Crippen molar-refractivity contribution in [2.24, 2.45) is 62.4 Å². The predicted octanol–water partition coefficient (Wildman–Crippen LogP) is 7.57. The summed E-state index contributed by atoms with van der Waals surface area (Å²) in [7, 11) is 0. The Morgan fingerprint density at radius 3 is 2.27 bits per heavy atom. The van der Waals surface area contributed by atoms with Crippen LogP contribution in [0.25, 0.3) is 0 Å². The number of rotatable bonds is 7. The van der Waals surface area contributed by atoms with Gasteiger partial charge in [0, 0.05) is 17.4 Å². The van der Waals surface area contributed by atoms with E-state index < -0.39 is 11.9 Å². The summed E-state index contributed by atoms with van der Waals surface area (Å²) >= 11 is 0. The number of ether oxygens (including phenoxy) is 2. The topological polar surface area (TPSA) is 108 Å². The average molecular weight is 613 g/mol. The number of carbonyl (C=O) groups excluding carboxylic acids is 3. The van der Waals surface area contributed by atoms with Crippen LogP contribution in [0.4, 0.5) is 4.79 Å². The molecule has 0 aromatic rings. The number of carbonyl (C=O) groups is 3. The first-order valence-corrected chi connectivity index (χ1v) is 17.6. The molecule has 5 aliphatic carbocycles. The summed E-state index contributed by atoms with van der Waals surface area (Å²) in [6, 6.07) is 0. The van der Waals surface area contributed by atoms with Crippen molar-refractivity contribution < 1.29 is 23.9 Å². The number of amides is 2. The number of unbranched alkanes of at least 4 members (excludes halogenated alkanes) is 1. The van der Waals surface area contributed by atoms with E-state index in [9.17, 15) is 14.4 Å². The maximum atomic E-state index is 12.7. The van der Waals surface area contributed by atoms with Crippen LogP contribution in [0.3, 0.4) is 0 Å². The van der Waals surface area contributed by atoms with Crippen LogP contribution >= 0.6 is 0 Å². The van der Waals surface area contributed by atoms with Gasteiger partial charge in [0.15, 0.2) is 0 Å². The maximum Gasteiger partial charge on any atom is 0.407 e. The van der Waals surface area contributed by atoms with Crippen molar-refractivity contribution in [1.29, 1.82) is 0 Å². The van der Waals surface area contributed by atoms with E-state index in [1.807, 2.05) is 0 Å². The average Bonchev–Trinajstić information content (AvgIpc) is 3.34. The van der Waals surface area contributed by atoms with Crippen LogP contribution in [-0.2, 0) is 19.1 Å². The van der Waals surface area contributed by atoms with Crippen molar-refractivity contribution in [2.75, 3.05) is 13.2 Å². The van der Waals surface area contributed by atoms with Crippen LogP contribution in [-0.4, -0.2) is 37.2 Å². The standard InChI is InChI=1S/C37H60N2O5/c1-9-10-21-39-32(42)43-22-37-18-13-24(23(2)3)29(37)25-11-12-27-34(6)16-15-28(44-31(41)30(38)40)33(4,5)26(34)14-17-36(27,8)35(25,7)19-20-37/h24-29H,2,9-22H2,1,3-8H3,(H2,38,40)(H,39,42)/t24-,25+,26-,27+,28-,29+,34-,35+,36+,37+/m0/s1. The molecule has 0 unspecified atom stereocenters. The number of nitrogens with one attached hydrogen (secondary N) is 1. The molecule has 0 aromatic carbocycles. The van der Waals surface area contributed by atoms with Crippen molar-refractivity contribution in [3.63, 3.8) is 0 Å². The molecule has 7 heteroatoms. The molecule has 0 aromatic heterocycles. The van der Waals surface area contributed by atoms with Crippen molar-refractivity contribution in [3.8, 4) is 0 Å². The molecule has 0 radical (unpaired) electrons. The zero-order chi connectivity index (χ0) is 32.3. The molecular weight excluding hydrogens is 552 g/mol. The SMILES string of the molecule is C=C(C)[C@@H]1CC[C@]2(COC(=O)NCCCC)CC[C@]3(C)[C@H](CC[C@@H]4[C@@]5(C)CC[C@H](OC(=O)C(N)=O)C(C)(C)[C@@H]5CC[C@]43C)[C@@H]12. The number of esters is 1. The Bertz CT molecular complexity index is 1170. The van der Waals surface area contributed by atoms with Crippen LogP contribution < -0.4 is 11.1 Å². The quantitative estimate of drug-likeness (QED) is 0.133. The van der Waals surface area contributed by atoms with Crippen LogP contribution in [0, 0.1) is 56.7 Å². The first-order valence-electron chi connectivity index (χ1n) is 17.6. The van der Waals surface area contributed by atoms with Gasteiger partial charge in [-0.25, -0.2) is 9.59 Å². The second kappa shape index (κ2) is 11.6. The van der Waals surface area contributed by atoms with Gasteiger partial charge in [-0.05, 0) is 123 Å². The zero-order valence-corrected chi connectivity index (χ0v) is 28.7. The molecular formula is C37H60N2O5. The van der Waals surface area contributed by atoms with Gasteiger partial charge < -0.3 is 20.5 Å². The highest BCUT2D eigenvalue weighted by Gasteiger charge is 2.71. The number of allylic oxidation sites excluding steroid dienone is 1. The summed E-state index contributed by atoms with van der Waals surface area (Å²) in [6.07, 6.45) is 12.5. The third kappa shape index (κ3) is 5.01. The van der Waals surface area contributed by atoms with Gasteiger partial charge in [-0.15, -0.1) is 0 Å². The lowest BCUT2D eigenvalue weighted by Gasteiger charge is -2.73. The minimum atomic E-state index is -1.01. The molecule has 248 valence electrons. The highest BCUT2D eigenvalue weighted by molar-refractivity contribution is 6.31. The van der Waals surface area contributed by atoms with Gasteiger partial charge in [0.25, 0.3) is 0 Å². The Balaban J connectivity index is 1.41. The first kappa shape index (κ1) is 33.3. The summed E-state index contributed by atoms with van der Waals surface area (Å²) in [4.78, 5) is 36.4. The molecule has 0 heterocycles. The molecule has 0 bridgehead atoms. The fourth-order valence-corrected chi connectivity index (χ4v) is 12.5. The minimum absolute atomic E-state index is 0.0323. The third-order valence-corrected chi connectivity index (χ3v) is 14.9. The monoisotopic (exact) mass is 612 g/mol. The van der Waals surface area contributed by atoms with Crippen molar-refractivity contribution in [1.82, 2.24) is 5.32 Å². The highest BCUT2D eigenvalue weighted by atomic mass is 16.6. The number of nitrogens with two attached hydrogens (primary N) is 1. The molecule has 5 rings (SSSR count). The second-order valence-electron chi connectivity index (χ2n) is 17.0. The van der Waals surface area contributed by atoms with E-state index in [0.29, 0.717) is 42.7 Å². The third-order valence-electron chi connectivity index (χ3n) is 14.9. The van der Waals surface area contributed by atoms with Gasteiger partial charge in [0.2, 0.25) is 0 Å². The normalized spacial score (nSPS) is 43.8. The Hall–Kier alpha value is -2.05. The van der Waals surface area contributed by atoms with Crippen molar-refractivity contribution in [3.05, 3.63) is 12.2 Å². The summed E-state index contributed by atoms with van der Waals surface area (Å²) in [5, 5.41) is 2.97. The van der Waals surface area contributed by atoms with Crippen molar-refractivity contribution >= 4 is 18.0 Å². The first-order chi connectivity index (χ1) is 20.6. The summed E-state index contributed by atoms with van der Waals surface area (Å²) in [6.45, 7) is 22.3. The number of primary amides is 1. The predicted molar refractivity (Wildman–Crippen MR) is 172 cm³/mol.